The highest BCUT2D eigenvalue weighted by molar-refractivity contribution is 6.33. The number of anilines is 1. The van der Waals surface area contributed by atoms with Gasteiger partial charge in [-0.15, -0.1) is 0 Å². The molecule has 0 fully saturated rings. The van der Waals surface area contributed by atoms with Crippen LogP contribution in [0.4, 0.5) is 11.4 Å². The smallest absolute Gasteiger partial charge is 0.294 e. The first kappa shape index (κ1) is 14.7. The first-order valence-electron chi connectivity index (χ1n) is 5.79. The zero-order valence-electron chi connectivity index (χ0n) is 10.5. The third-order valence-electron chi connectivity index (χ3n) is 2.63. The number of rotatable bonds is 6. The Morgan fingerprint density at radius 2 is 2.17 bits per heavy atom. The molecule has 0 aliphatic heterocycles. The van der Waals surface area contributed by atoms with Crippen molar-refractivity contribution < 1.29 is 10.0 Å². The van der Waals surface area contributed by atoms with Crippen LogP contribution in [0.1, 0.15) is 20.3 Å². The van der Waals surface area contributed by atoms with E-state index in [1.165, 1.54) is 6.07 Å². The third-order valence-corrected chi connectivity index (χ3v) is 2.93. The van der Waals surface area contributed by atoms with Gasteiger partial charge in [0, 0.05) is 25.3 Å². The van der Waals surface area contributed by atoms with E-state index in [0.717, 1.165) is 0 Å². The summed E-state index contributed by atoms with van der Waals surface area (Å²) in [5.41, 5.74) is 0.418. The molecule has 0 saturated heterocycles. The van der Waals surface area contributed by atoms with E-state index >= 15 is 0 Å². The number of hydrogen-bond acceptors (Lipinski definition) is 4. The highest BCUT2D eigenvalue weighted by atomic mass is 35.5. The first-order valence-corrected chi connectivity index (χ1v) is 6.17. The Morgan fingerprint density at radius 3 is 2.67 bits per heavy atom. The monoisotopic (exact) mass is 272 g/mol. The van der Waals surface area contributed by atoms with Gasteiger partial charge in [-0.05, 0) is 26.3 Å². The number of para-hydroxylation sites is 1. The molecule has 100 valence electrons. The quantitative estimate of drug-likeness (QED) is 0.639. The van der Waals surface area contributed by atoms with Crippen molar-refractivity contribution in [2.75, 3.05) is 18.1 Å². The Hall–Kier alpha value is -1.33. The van der Waals surface area contributed by atoms with Gasteiger partial charge in [0.1, 0.15) is 5.69 Å². The van der Waals surface area contributed by atoms with Crippen LogP contribution in [0, 0.1) is 10.1 Å². The molecule has 1 N–H and O–H groups in total. The lowest BCUT2D eigenvalue weighted by Crippen LogP contribution is -2.33. The summed E-state index contributed by atoms with van der Waals surface area (Å²) in [6.45, 7) is 4.44. The molecule has 1 aromatic rings. The molecule has 0 radical (unpaired) electrons. The van der Waals surface area contributed by atoms with E-state index in [0.29, 0.717) is 23.7 Å². The average molecular weight is 273 g/mol. The van der Waals surface area contributed by atoms with Gasteiger partial charge in [-0.2, -0.15) is 0 Å². The number of benzene rings is 1. The van der Waals surface area contributed by atoms with Crippen LogP contribution in [0.25, 0.3) is 0 Å². The van der Waals surface area contributed by atoms with Gasteiger partial charge in [-0.25, -0.2) is 0 Å². The maximum absolute atomic E-state index is 11.0. The predicted molar refractivity (Wildman–Crippen MR) is 72.3 cm³/mol. The zero-order chi connectivity index (χ0) is 13.7. The summed E-state index contributed by atoms with van der Waals surface area (Å²) in [5.74, 6) is 0. The molecule has 0 saturated carbocycles. The van der Waals surface area contributed by atoms with Crippen molar-refractivity contribution in [3.8, 4) is 0 Å². The van der Waals surface area contributed by atoms with Crippen LogP contribution in [0.15, 0.2) is 18.2 Å². The van der Waals surface area contributed by atoms with E-state index in [1.807, 2.05) is 18.7 Å². The molecule has 0 aliphatic rings. The third kappa shape index (κ3) is 3.34. The standard InChI is InChI=1S/C12H17ClN2O3/c1-9(2)14(7-4-8-16)12-10(13)5-3-6-11(12)15(17)18/h3,5-6,9,16H,4,7-8H2,1-2H3. The molecule has 0 aliphatic carbocycles. The molecule has 0 amide bonds. The summed E-state index contributed by atoms with van der Waals surface area (Å²) < 4.78 is 0. The fourth-order valence-electron chi connectivity index (χ4n) is 1.80. The van der Waals surface area contributed by atoms with Crippen molar-refractivity contribution >= 4 is 23.0 Å². The Labute approximate surface area is 111 Å². The van der Waals surface area contributed by atoms with Gasteiger partial charge in [0.05, 0.1) is 9.95 Å². The molecule has 0 atom stereocenters. The molecule has 18 heavy (non-hydrogen) atoms. The highest BCUT2D eigenvalue weighted by Crippen LogP contribution is 2.36. The molecular weight excluding hydrogens is 256 g/mol. The molecule has 1 rings (SSSR count). The summed E-state index contributed by atoms with van der Waals surface area (Å²) in [4.78, 5) is 12.5. The van der Waals surface area contributed by atoms with Crippen molar-refractivity contribution in [3.05, 3.63) is 33.3 Å². The number of hydrogen-bond donors (Lipinski definition) is 1. The molecule has 0 spiro atoms. The van der Waals surface area contributed by atoms with Gasteiger partial charge < -0.3 is 10.0 Å². The van der Waals surface area contributed by atoms with Gasteiger partial charge in [-0.3, -0.25) is 10.1 Å². The molecule has 0 aromatic heterocycles. The van der Waals surface area contributed by atoms with E-state index in [9.17, 15) is 10.1 Å². The lowest BCUT2D eigenvalue weighted by atomic mass is 10.2. The van der Waals surface area contributed by atoms with Gasteiger partial charge in [0.15, 0.2) is 0 Å². The lowest BCUT2D eigenvalue weighted by molar-refractivity contribution is -0.384. The second-order valence-corrected chi connectivity index (χ2v) is 4.64. The van der Waals surface area contributed by atoms with Crippen LogP contribution in [0.5, 0.6) is 0 Å². The average Bonchev–Trinajstić information content (AvgIpc) is 2.30. The van der Waals surface area contributed by atoms with Crippen LogP contribution in [-0.2, 0) is 0 Å². The fourth-order valence-corrected chi connectivity index (χ4v) is 2.08. The van der Waals surface area contributed by atoms with Crippen molar-refractivity contribution in [3.63, 3.8) is 0 Å². The molecule has 5 nitrogen and oxygen atoms in total. The summed E-state index contributed by atoms with van der Waals surface area (Å²) in [5, 5.41) is 20.3. The number of halogens is 1. The Bertz CT molecular complexity index is 424. The second-order valence-electron chi connectivity index (χ2n) is 4.23. The normalized spacial score (nSPS) is 10.7. The van der Waals surface area contributed by atoms with Crippen molar-refractivity contribution in [1.29, 1.82) is 0 Å². The van der Waals surface area contributed by atoms with Gasteiger partial charge >= 0.3 is 0 Å². The van der Waals surface area contributed by atoms with Gasteiger partial charge in [-0.1, -0.05) is 17.7 Å². The SMILES string of the molecule is CC(C)N(CCCO)c1c(Cl)cccc1[N+](=O)[O-]. The minimum absolute atomic E-state index is 0.00543. The highest BCUT2D eigenvalue weighted by Gasteiger charge is 2.23. The Balaban J connectivity index is 3.21. The number of aliphatic hydroxyl groups excluding tert-OH is 1. The summed E-state index contributed by atoms with van der Waals surface area (Å²) in [7, 11) is 0. The Morgan fingerprint density at radius 1 is 1.50 bits per heavy atom. The van der Waals surface area contributed by atoms with Crippen molar-refractivity contribution in [2.45, 2.75) is 26.3 Å². The number of nitro groups is 1. The topological polar surface area (TPSA) is 66.6 Å². The van der Waals surface area contributed by atoms with Crippen molar-refractivity contribution in [2.24, 2.45) is 0 Å². The molecule has 0 unspecified atom stereocenters. The van der Waals surface area contributed by atoms with E-state index < -0.39 is 4.92 Å². The van der Waals surface area contributed by atoms with E-state index in [-0.39, 0.29) is 18.3 Å². The molecule has 1 aromatic carbocycles. The molecule has 6 heteroatoms. The lowest BCUT2D eigenvalue weighted by Gasteiger charge is -2.29. The number of aliphatic hydroxyl groups is 1. The predicted octanol–water partition coefficient (Wildman–Crippen LogP) is 2.85. The van der Waals surface area contributed by atoms with Crippen LogP contribution >= 0.6 is 11.6 Å². The molecule has 0 bridgehead atoms. The maximum Gasteiger partial charge on any atom is 0.294 e. The largest absolute Gasteiger partial charge is 0.396 e. The maximum atomic E-state index is 11.0. The Kier molecular flexibility index (Phi) is 5.37. The summed E-state index contributed by atoms with van der Waals surface area (Å²) >= 11 is 6.08. The van der Waals surface area contributed by atoms with E-state index in [2.05, 4.69) is 0 Å². The van der Waals surface area contributed by atoms with Crippen molar-refractivity contribution in [1.82, 2.24) is 0 Å². The second kappa shape index (κ2) is 6.56. The number of nitrogens with zero attached hydrogens (tertiary/aromatic N) is 2. The molecule has 0 heterocycles. The minimum Gasteiger partial charge on any atom is -0.396 e. The summed E-state index contributed by atoms with van der Waals surface area (Å²) in [6, 6.07) is 4.71. The summed E-state index contributed by atoms with van der Waals surface area (Å²) in [6.07, 6.45) is 0.542. The zero-order valence-corrected chi connectivity index (χ0v) is 11.2. The van der Waals surface area contributed by atoms with Gasteiger partial charge in [0.2, 0.25) is 0 Å². The van der Waals surface area contributed by atoms with Crippen LogP contribution < -0.4 is 4.90 Å². The fraction of sp³-hybridized carbons (Fsp3) is 0.500. The van der Waals surface area contributed by atoms with Crippen LogP contribution in [0.3, 0.4) is 0 Å². The first-order chi connectivity index (χ1) is 8.49. The minimum atomic E-state index is -0.435. The van der Waals surface area contributed by atoms with E-state index in [4.69, 9.17) is 16.7 Å². The van der Waals surface area contributed by atoms with E-state index in [1.54, 1.807) is 12.1 Å². The van der Waals surface area contributed by atoms with Crippen LogP contribution in [0.2, 0.25) is 5.02 Å². The number of nitro benzene ring substituents is 1. The van der Waals surface area contributed by atoms with Crippen LogP contribution in [-0.4, -0.2) is 29.2 Å². The van der Waals surface area contributed by atoms with Gasteiger partial charge in [0.25, 0.3) is 5.69 Å². The molecular formula is C12H17ClN2O3.